The van der Waals surface area contributed by atoms with Crippen LogP contribution in [0.5, 0.6) is 0 Å². The van der Waals surface area contributed by atoms with Crippen molar-refractivity contribution in [1.29, 1.82) is 5.41 Å². The minimum Gasteiger partial charge on any atom is -0.556 e. The SMILES string of the molecule is CC(=O)[C@](BOC=N)(CC=O)CCCCB1OC(C)(C)C(C)(C)O1. The molecule has 0 unspecified atom stereocenters. The summed E-state index contributed by atoms with van der Waals surface area (Å²) in [5, 5.41) is 6.14. The summed E-state index contributed by atoms with van der Waals surface area (Å²) in [4.78, 5) is 23.0. The Morgan fingerprint density at radius 3 is 2.29 bits per heavy atom. The van der Waals surface area contributed by atoms with E-state index >= 15 is 0 Å². The van der Waals surface area contributed by atoms with Gasteiger partial charge in [-0.25, -0.2) is 0 Å². The highest BCUT2D eigenvalue weighted by Crippen LogP contribution is 2.39. The third kappa shape index (κ3) is 4.93. The van der Waals surface area contributed by atoms with E-state index in [-0.39, 0.29) is 38.0 Å². The van der Waals surface area contributed by atoms with Crippen LogP contribution in [0.15, 0.2) is 0 Å². The highest BCUT2D eigenvalue weighted by atomic mass is 16.7. The fourth-order valence-electron chi connectivity index (χ4n) is 2.87. The molecule has 0 radical (unpaired) electrons. The first-order chi connectivity index (χ1) is 11.1. The largest absolute Gasteiger partial charge is 0.556 e. The van der Waals surface area contributed by atoms with E-state index < -0.39 is 5.31 Å². The lowest BCUT2D eigenvalue weighted by Gasteiger charge is -2.32. The summed E-state index contributed by atoms with van der Waals surface area (Å²) in [7, 11) is -0.174. The molecular formula is C16H29B2NO5. The van der Waals surface area contributed by atoms with Gasteiger partial charge in [0, 0.05) is 6.42 Å². The van der Waals surface area contributed by atoms with Crippen molar-refractivity contribution in [2.45, 2.75) is 83.1 Å². The first-order valence-electron chi connectivity index (χ1n) is 8.51. The van der Waals surface area contributed by atoms with Gasteiger partial charge in [-0.2, -0.15) is 0 Å². The fraction of sp³-hybridized carbons (Fsp3) is 0.812. The minimum absolute atomic E-state index is 0.0705. The van der Waals surface area contributed by atoms with E-state index in [0.717, 1.165) is 31.8 Å². The van der Waals surface area contributed by atoms with Crippen molar-refractivity contribution in [2.75, 3.05) is 0 Å². The molecule has 1 rings (SSSR count). The van der Waals surface area contributed by atoms with Crippen LogP contribution in [-0.2, 0) is 23.6 Å². The second kappa shape index (κ2) is 8.30. The lowest BCUT2D eigenvalue weighted by molar-refractivity contribution is -0.122. The number of aldehydes is 1. The van der Waals surface area contributed by atoms with Crippen molar-refractivity contribution < 1.29 is 23.6 Å². The highest BCUT2D eigenvalue weighted by molar-refractivity contribution is 6.45. The van der Waals surface area contributed by atoms with Gasteiger partial charge in [0.2, 0.25) is 0 Å². The van der Waals surface area contributed by atoms with E-state index in [1.54, 1.807) is 0 Å². The summed E-state index contributed by atoms with van der Waals surface area (Å²) in [5.41, 5.74) is -0.674. The summed E-state index contributed by atoms with van der Waals surface area (Å²) >= 11 is 0. The molecule has 1 fully saturated rings. The number of nitrogens with one attached hydrogen (secondary N) is 1. The zero-order valence-electron chi connectivity index (χ0n) is 15.5. The van der Waals surface area contributed by atoms with Crippen LogP contribution in [0, 0.1) is 5.41 Å². The molecule has 0 aromatic heterocycles. The summed E-state index contributed by atoms with van der Waals surface area (Å²) in [6.45, 7) is 9.56. The molecule has 24 heavy (non-hydrogen) atoms. The van der Waals surface area contributed by atoms with Gasteiger partial charge in [0.1, 0.15) is 18.5 Å². The number of Topliss-reactive ketones (excluding diaryl/α,β-unsaturated/α-hetero) is 1. The Hall–Kier alpha value is -1.14. The van der Waals surface area contributed by atoms with Crippen molar-refractivity contribution in [3.63, 3.8) is 0 Å². The number of ketones is 1. The van der Waals surface area contributed by atoms with Gasteiger partial charge in [-0.1, -0.05) is 12.8 Å². The molecule has 8 heteroatoms. The third-order valence-corrected chi connectivity index (χ3v) is 5.31. The second-order valence-corrected chi connectivity index (χ2v) is 7.57. The Morgan fingerprint density at radius 2 is 1.83 bits per heavy atom. The lowest BCUT2D eigenvalue weighted by Crippen LogP contribution is -2.41. The second-order valence-electron chi connectivity index (χ2n) is 7.57. The quantitative estimate of drug-likeness (QED) is 0.206. The van der Waals surface area contributed by atoms with E-state index in [1.165, 1.54) is 6.92 Å². The predicted octanol–water partition coefficient (Wildman–Crippen LogP) is 2.56. The fourth-order valence-corrected chi connectivity index (χ4v) is 2.87. The predicted molar refractivity (Wildman–Crippen MR) is 95.8 cm³/mol. The number of hydrogen-bond donors (Lipinski definition) is 1. The van der Waals surface area contributed by atoms with Crippen LogP contribution in [0.4, 0.5) is 0 Å². The Morgan fingerprint density at radius 1 is 1.25 bits per heavy atom. The molecule has 1 atom stereocenters. The van der Waals surface area contributed by atoms with Gasteiger partial charge in [0.25, 0.3) is 0 Å². The molecule has 1 aliphatic rings. The summed E-state index contributed by atoms with van der Waals surface area (Å²) in [6.07, 6.45) is 4.57. The average molecular weight is 337 g/mol. The topological polar surface area (TPSA) is 85.7 Å². The number of unbranched alkanes of at least 4 members (excludes halogenated alkanes) is 1. The standard InChI is InChI=1S/C16H29B2NO5/c1-13(21)16(9-11-20,17-22-12-19)8-6-7-10-18-23-14(2,3)15(4,5)24-18/h11-12,17,19H,6-10H2,1-5H3/t16-/m1/s1. The van der Waals surface area contributed by atoms with E-state index in [9.17, 15) is 9.59 Å². The molecule has 0 bridgehead atoms. The van der Waals surface area contributed by atoms with Crippen molar-refractivity contribution in [3.05, 3.63) is 0 Å². The molecule has 0 aliphatic carbocycles. The molecule has 1 heterocycles. The number of hydrogen-bond acceptors (Lipinski definition) is 6. The summed E-state index contributed by atoms with van der Waals surface area (Å²) in [6, 6.07) is 0. The number of carbonyl (C=O) groups is 2. The molecule has 0 spiro atoms. The van der Waals surface area contributed by atoms with Gasteiger partial charge < -0.3 is 23.6 Å². The van der Waals surface area contributed by atoms with Crippen molar-refractivity contribution in [1.82, 2.24) is 0 Å². The van der Waals surface area contributed by atoms with E-state index in [4.69, 9.17) is 19.4 Å². The van der Waals surface area contributed by atoms with Gasteiger partial charge >= 0.3 is 14.6 Å². The summed E-state index contributed by atoms with van der Waals surface area (Å²) in [5.74, 6) is -0.0768. The van der Waals surface area contributed by atoms with Crippen LogP contribution in [0.2, 0.25) is 11.6 Å². The third-order valence-electron chi connectivity index (χ3n) is 5.31. The molecule has 0 aromatic rings. The normalized spacial score (nSPS) is 21.0. The van der Waals surface area contributed by atoms with Gasteiger partial charge in [0.05, 0.1) is 16.5 Å². The molecule has 0 saturated carbocycles. The van der Waals surface area contributed by atoms with Crippen LogP contribution in [-0.4, -0.2) is 44.3 Å². The van der Waals surface area contributed by atoms with E-state index in [2.05, 4.69) is 0 Å². The monoisotopic (exact) mass is 337 g/mol. The van der Waals surface area contributed by atoms with Crippen LogP contribution in [0.3, 0.4) is 0 Å². The van der Waals surface area contributed by atoms with Gasteiger partial charge in [-0.15, -0.1) is 0 Å². The van der Waals surface area contributed by atoms with Crippen LogP contribution < -0.4 is 0 Å². The Kier molecular flexibility index (Phi) is 7.23. The van der Waals surface area contributed by atoms with E-state index in [1.807, 2.05) is 27.7 Å². The Bertz CT molecular complexity index is 453. The number of rotatable bonds is 11. The molecule has 0 amide bonds. The smallest absolute Gasteiger partial charge is 0.457 e. The van der Waals surface area contributed by atoms with Crippen molar-refractivity contribution >= 4 is 33.1 Å². The maximum atomic E-state index is 12.0. The highest BCUT2D eigenvalue weighted by Gasteiger charge is 2.50. The molecule has 1 saturated heterocycles. The van der Waals surface area contributed by atoms with Gasteiger partial charge in [-0.3, -0.25) is 5.41 Å². The zero-order chi connectivity index (χ0) is 18.4. The average Bonchev–Trinajstić information content (AvgIpc) is 2.68. The maximum absolute atomic E-state index is 12.0. The van der Waals surface area contributed by atoms with Crippen molar-refractivity contribution in [2.24, 2.45) is 0 Å². The zero-order valence-corrected chi connectivity index (χ0v) is 15.5. The van der Waals surface area contributed by atoms with Crippen LogP contribution in [0.25, 0.3) is 0 Å². The first kappa shape index (κ1) is 20.9. The number of carbonyl (C=O) groups excluding carboxylic acids is 2. The van der Waals surface area contributed by atoms with E-state index in [0.29, 0.717) is 6.42 Å². The Labute approximate surface area is 145 Å². The maximum Gasteiger partial charge on any atom is 0.457 e. The van der Waals surface area contributed by atoms with Gasteiger partial charge in [-0.05, 0) is 47.4 Å². The van der Waals surface area contributed by atoms with Gasteiger partial charge in [0.15, 0.2) is 0 Å². The Balaban J connectivity index is 2.52. The summed E-state index contributed by atoms with van der Waals surface area (Å²) < 4.78 is 16.9. The molecular weight excluding hydrogens is 308 g/mol. The van der Waals surface area contributed by atoms with Crippen LogP contribution >= 0.6 is 0 Å². The molecule has 1 aliphatic heterocycles. The molecule has 0 aromatic carbocycles. The molecule has 6 nitrogen and oxygen atoms in total. The lowest BCUT2D eigenvalue weighted by atomic mass is 9.56. The molecule has 1 N–H and O–H groups in total. The van der Waals surface area contributed by atoms with Crippen molar-refractivity contribution in [3.8, 4) is 0 Å². The molecule has 134 valence electrons. The first-order valence-corrected chi connectivity index (χ1v) is 8.51. The van der Waals surface area contributed by atoms with Crippen LogP contribution in [0.1, 0.15) is 60.3 Å². The minimum atomic E-state index is -0.838.